The van der Waals surface area contributed by atoms with Gasteiger partial charge >= 0.3 is 6.03 Å². The summed E-state index contributed by atoms with van der Waals surface area (Å²) in [5, 5.41) is 6.63. The molecule has 0 spiro atoms. The van der Waals surface area contributed by atoms with Crippen LogP contribution in [0, 0.1) is 0 Å². The number of rotatable bonds is 5. The number of urea groups is 1. The van der Waals surface area contributed by atoms with Gasteiger partial charge in [-0.2, -0.15) is 5.10 Å². The second-order valence-electron chi connectivity index (χ2n) is 7.62. The Morgan fingerprint density at radius 1 is 1.28 bits per heavy atom. The third-order valence-corrected chi connectivity index (χ3v) is 5.54. The second-order valence-corrected chi connectivity index (χ2v) is 7.62. The van der Waals surface area contributed by atoms with Gasteiger partial charge in [0, 0.05) is 51.4 Å². The predicted molar refractivity (Wildman–Crippen MR) is 103 cm³/mol. The SMILES string of the molecule is C[C@H]1CN(Cc2ccn3ncc(N4CCC(=O)NC4=O)c3c2)CCN1CC(F)F. The van der Waals surface area contributed by atoms with Crippen LogP contribution in [0.1, 0.15) is 18.9 Å². The van der Waals surface area contributed by atoms with Crippen molar-refractivity contribution in [3.8, 4) is 0 Å². The number of alkyl halides is 2. The Balaban J connectivity index is 1.48. The lowest BCUT2D eigenvalue weighted by Crippen LogP contribution is -2.52. The highest BCUT2D eigenvalue weighted by Crippen LogP contribution is 2.25. The van der Waals surface area contributed by atoms with E-state index in [4.69, 9.17) is 0 Å². The van der Waals surface area contributed by atoms with E-state index in [2.05, 4.69) is 15.3 Å². The maximum atomic E-state index is 12.7. The lowest BCUT2D eigenvalue weighted by Gasteiger charge is -2.39. The van der Waals surface area contributed by atoms with Crippen molar-refractivity contribution in [2.75, 3.05) is 37.6 Å². The zero-order chi connectivity index (χ0) is 20.5. The fourth-order valence-electron chi connectivity index (χ4n) is 4.03. The number of piperazine rings is 1. The molecule has 1 atom stereocenters. The smallest absolute Gasteiger partial charge is 0.296 e. The van der Waals surface area contributed by atoms with Crippen molar-refractivity contribution in [3.63, 3.8) is 0 Å². The molecule has 8 nitrogen and oxygen atoms in total. The number of carbonyl (C=O) groups excluding carboxylic acids is 2. The largest absolute Gasteiger partial charge is 0.328 e. The summed E-state index contributed by atoms with van der Waals surface area (Å²) in [6, 6.07) is 3.59. The molecule has 0 unspecified atom stereocenters. The molecular weight excluding hydrogens is 382 g/mol. The van der Waals surface area contributed by atoms with Crippen molar-refractivity contribution < 1.29 is 18.4 Å². The zero-order valence-corrected chi connectivity index (χ0v) is 16.2. The molecule has 3 amide bonds. The molecule has 156 valence electrons. The van der Waals surface area contributed by atoms with E-state index in [9.17, 15) is 18.4 Å². The van der Waals surface area contributed by atoms with Crippen LogP contribution < -0.4 is 10.2 Å². The Kier molecular flexibility index (Phi) is 5.46. The Morgan fingerprint density at radius 3 is 2.83 bits per heavy atom. The van der Waals surface area contributed by atoms with Crippen LogP contribution in [0.2, 0.25) is 0 Å². The summed E-state index contributed by atoms with van der Waals surface area (Å²) in [6.07, 6.45) is 1.41. The van der Waals surface area contributed by atoms with Gasteiger partial charge in [-0.25, -0.2) is 18.1 Å². The van der Waals surface area contributed by atoms with Crippen molar-refractivity contribution in [1.29, 1.82) is 0 Å². The molecule has 2 aliphatic heterocycles. The number of fused-ring (bicyclic) bond motifs is 1. The number of halogens is 2. The summed E-state index contributed by atoms with van der Waals surface area (Å²) < 4.78 is 27.1. The van der Waals surface area contributed by atoms with Crippen LogP contribution in [0.4, 0.5) is 19.3 Å². The fourth-order valence-corrected chi connectivity index (χ4v) is 4.03. The first-order valence-corrected chi connectivity index (χ1v) is 9.73. The summed E-state index contributed by atoms with van der Waals surface area (Å²) in [7, 11) is 0. The molecule has 2 aliphatic rings. The average Bonchev–Trinajstić information content (AvgIpc) is 3.07. The molecular formula is C19H24F2N6O2. The van der Waals surface area contributed by atoms with Crippen molar-refractivity contribution >= 4 is 23.1 Å². The minimum absolute atomic E-state index is 0.0709. The summed E-state index contributed by atoms with van der Waals surface area (Å²) in [4.78, 5) is 29.2. The minimum Gasteiger partial charge on any atom is -0.296 e. The van der Waals surface area contributed by atoms with Gasteiger partial charge in [-0.3, -0.25) is 24.8 Å². The molecule has 4 heterocycles. The highest BCUT2D eigenvalue weighted by Gasteiger charge is 2.28. The molecule has 0 saturated carbocycles. The van der Waals surface area contributed by atoms with Crippen LogP contribution in [0.15, 0.2) is 24.5 Å². The Bertz CT molecular complexity index is 917. The molecule has 2 fully saturated rings. The summed E-state index contributed by atoms with van der Waals surface area (Å²) in [6.45, 7) is 4.88. The van der Waals surface area contributed by atoms with Gasteiger partial charge in [0.15, 0.2) is 0 Å². The van der Waals surface area contributed by atoms with Crippen molar-refractivity contribution in [2.45, 2.75) is 32.4 Å². The van der Waals surface area contributed by atoms with E-state index in [1.165, 1.54) is 4.90 Å². The van der Waals surface area contributed by atoms with E-state index in [1.807, 2.05) is 30.2 Å². The molecule has 0 aromatic carbocycles. The first-order valence-electron chi connectivity index (χ1n) is 9.73. The number of imide groups is 1. The Morgan fingerprint density at radius 2 is 2.10 bits per heavy atom. The van der Waals surface area contributed by atoms with Gasteiger partial charge in [0.25, 0.3) is 6.43 Å². The van der Waals surface area contributed by atoms with Crippen LogP contribution in [-0.4, -0.2) is 76.5 Å². The van der Waals surface area contributed by atoms with E-state index in [0.29, 0.717) is 25.3 Å². The summed E-state index contributed by atoms with van der Waals surface area (Å²) >= 11 is 0. The highest BCUT2D eigenvalue weighted by atomic mass is 19.3. The van der Waals surface area contributed by atoms with Crippen molar-refractivity contribution in [3.05, 3.63) is 30.1 Å². The predicted octanol–water partition coefficient (Wildman–Crippen LogP) is 1.55. The third kappa shape index (κ3) is 4.23. The fraction of sp³-hybridized carbons (Fsp3) is 0.526. The maximum absolute atomic E-state index is 12.7. The zero-order valence-electron chi connectivity index (χ0n) is 16.2. The standard InChI is InChI=1S/C19H24F2N6O2/c1-13-10-24(6-7-25(13)12-17(20)21)11-14-2-5-27-15(8-14)16(9-22-27)26-4-3-18(28)23-19(26)29/h2,5,8-9,13,17H,3-4,6-7,10-12H2,1H3,(H,23,28,29)/t13-/m0/s1. The maximum Gasteiger partial charge on any atom is 0.328 e. The monoisotopic (exact) mass is 406 g/mol. The van der Waals surface area contributed by atoms with Crippen LogP contribution in [0.3, 0.4) is 0 Å². The highest BCUT2D eigenvalue weighted by molar-refractivity contribution is 6.07. The molecule has 1 N–H and O–H groups in total. The van der Waals surface area contributed by atoms with Gasteiger partial charge in [-0.15, -0.1) is 0 Å². The minimum atomic E-state index is -2.31. The molecule has 2 aromatic rings. The third-order valence-electron chi connectivity index (χ3n) is 5.54. The first-order chi connectivity index (χ1) is 13.9. The molecule has 4 rings (SSSR count). The molecule has 2 aromatic heterocycles. The van der Waals surface area contributed by atoms with Crippen LogP contribution in [0.5, 0.6) is 0 Å². The number of carbonyl (C=O) groups is 2. The van der Waals surface area contributed by atoms with Crippen LogP contribution >= 0.6 is 0 Å². The average molecular weight is 406 g/mol. The number of nitrogens with one attached hydrogen (secondary N) is 1. The van der Waals surface area contributed by atoms with Gasteiger partial charge in [-0.05, 0) is 24.6 Å². The number of amides is 3. The topological polar surface area (TPSA) is 73.2 Å². The molecule has 29 heavy (non-hydrogen) atoms. The molecule has 10 heteroatoms. The summed E-state index contributed by atoms with van der Waals surface area (Å²) in [5.41, 5.74) is 2.51. The summed E-state index contributed by atoms with van der Waals surface area (Å²) in [5.74, 6) is -0.275. The van der Waals surface area contributed by atoms with E-state index < -0.39 is 12.5 Å². The van der Waals surface area contributed by atoms with E-state index in [1.54, 1.807) is 10.7 Å². The number of aromatic nitrogens is 2. The molecule has 0 radical (unpaired) electrons. The van der Waals surface area contributed by atoms with Crippen molar-refractivity contribution in [1.82, 2.24) is 24.7 Å². The normalized spacial score (nSPS) is 21.9. The van der Waals surface area contributed by atoms with E-state index >= 15 is 0 Å². The van der Waals surface area contributed by atoms with Gasteiger partial charge in [0.05, 0.1) is 23.9 Å². The Labute approximate surface area is 167 Å². The Hall–Kier alpha value is -2.59. The molecule has 0 bridgehead atoms. The number of pyridine rings is 1. The number of anilines is 1. The van der Waals surface area contributed by atoms with E-state index in [-0.39, 0.29) is 24.9 Å². The van der Waals surface area contributed by atoms with Crippen molar-refractivity contribution in [2.24, 2.45) is 0 Å². The molecule has 2 saturated heterocycles. The van der Waals surface area contributed by atoms with Gasteiger partial charge in [0.2, 0.25) is 5.91 Å². The first kappa shape index (κ1) is 19.7. The number of nitrogens with zero attached hydrogens (tertiary/aromatic N) is 5. The number of hydrogen-bond acceptors (Lipinski definition) is 5. The second kappa shape index (κ2) is 8.03. The van der Waals surface area contributed by atoms with Crippen LogP contribution in [0.25, 0.3) is 5.52 Å². The van der Waals surface area contributed by atoms with Crippen LogP contribution in [-0.2, 0) is 11.3 Å². The molecule has 0 aliphatic carbocycles. The van der Waals surface area contributed by atoms with Gasteiger partial charge in [-0.1, -0.05) is 0 Å². The quantitative estimate of drug-likeness (QED) is 0.816. The van der Waals surface area contributed by atoms with Gasteiger partial charge in [0.1, 0.15) is 0 Å². The lowest BCUT2D eigenvalue weighted by atomic mass is 10.1. The number of hydrogen-bond donors (Lipinski definition) is 1. The van der Waals surface area contributed by atoms with Gasteiger partial charge < -0.3 is 0 Å². The lowest BCUT2D eigenvalue weighted by molar-refractivity contribution is -0.120. The van der Waals surface area contributed by atoms with E-state index in [0.717, 1.165) is 24.2 Å².